The summed E-state index contributed by atoms with van der Waals surface area (Å²) in [5, 5.41) is 3.64. The molecule has 0 amide bonds. The highest BCUT2D eigenvalue weighted by Gasteiger charge is 2.22. The van der Waals surface area contributed by atoms with Crippen LogP contribution in [0.5, 0.6) is 0 Å². The number of aryl methyl sites for hydroxylation is 2. The maximum atomic E-state index is 5.97. The normalized spacial score (nSPS) is 32.9. The van der Waals surface area contributed by atoms with Crippen molar-refractivity contribution in [1.29, 1.82) is 0 Å². The van der Waals surface area contributed by atoms with Gasteiger partial charge in [-0.2, -0.15) is 0 Å². The van der Waals surface area contributed by atoms with Gasteiger partial charge in [0.2, 0.25) is 0 Å². The Morgan fingerprint density at radius 2 is 1.76 bits per heavy atom. The molecule has 2 aliphatic heterocycles. The summed E-state index contributed by atoms with van der Waals surface area (Å²) >= 11 is 0. The molecule has 0 spiro atoms. The first-order chi connectivity index (χ1) is 10.2. The van der Waals surface area contributed by atoms with Gasteiger partial charge in [-0.05, 0) is 64.5 Å². The lowest BCUT2D eigenvalue weighted by Crippen LogP contribution is -2.27. The van der Waals surface area contributed by atoms with Crippen LogP contribution in [0.15, 0.2) is 16.5 Å². The molecule has 3 rings (SSSR count). The monoisotopic (exact) mass is 291 g/mol. The van der Waals surface area contributed by atoms with Crippen LogP contribution in [0, 0.1) is 0 Å². The lowest BCUT2D eigenvalue weighted by molar-refractivity contribution is 0.0504. The molecule has 3 nitrogen and oxygen atoms in total. The van der Waals surface area contributed by atoms with Crippen LogP contribution in [-0.2, 0) is 17.6 Å². The number of hydrogen-bond donors (Lipinski definition) is 1. The number of furan rings is 1. The average molecular weight is 291 g/mol. The first kappa shape index (κ1) is 15.1. The Labute approximate surface area is 128 Å². The van der Waals surface area contributed by atoms with Crippen molar-refractivity contribution in [1.82, 2.24) is 5.32 Å². The quantitative estimate of drug-likeness (QED) is 0.864. The van der Waals surface area contributed by atoms with Crippen LogP contribution < -0.4 is 5.32 Å². The molecule has 0 radical (unpaired) electrons. The van der Waals surface area contributed by atoms with Crippen LogP contribution in [0.2, 0.25) is 0 Å². The molecule has 3 heteroatoms. The fraction of sp³-hybridized carbons (Fsp3) is 0.778. The van der Waals surface area contributed by atoms with E-state index in [2.05, 4.69) is 31.3 Å². The summed E-state index contributed by atoms with van der Waals surface area (Å²) < 4.78 is 11.8. The maximum absolute atomic E-state index is 5.97. The minimum atomic E-state index is 0.442. The Morgan fingerprint density at radius 1 is 1.00 bits per heavy atom. The molecule has 2 fully saturated rings. The molecule has 0 aliphatic carbocycles. The molecule has 4 unspecified atom stereocenters. The molecule has 0 saturated carbocycles. The fourth-order valence-corrected chi connectivity index (χ4v) is 3.66. The van der Waals surface area contributed by atoms with Crippen molar-refractivity contribution in [3.05, 3.63) is 23.7 Å². The van der Waals surface area contributed by atoms with Gasteiger partial charge in [0.25, 0.3) is 0 Å². The van der Waals surface area contributed by atoms with Gasteiger partial charge in [0.1, 0.15) is 11.5 Å². The van der Waals surface area contributed by atoms with Gasteiger partial charge in [0.05, 0.1) is 12.2 Å². The van der Waals surface area contributed by atoms with Crippen LogP contribution in [0.4, 0.5) is 0 Å². The van der Waals surface area contributed by atoms with Crippen molar-refractivity contribution >= 4 is 0 Å². The average Bonchev–Trinajstić information content (AvgIpc) is 3.16. The van der Waals surface area contributed by atoms with Crippen LogP contribution >= 0.6 is 0 Å². The molecule has 1 aromatic rings. The van der Waals surface area contributed by atoms with Crippen molar-refractivity contribution in [2.45, 2.75) is 89.5 Å². The lowest BCUT2D eigenvalue weighted by atomic mass is 10.1. The highest BCUT2D eigenvalue weighted by Crippen LogP contribution is 2.24. The van der Waals surface area contributed by atoms with Crippen molar-refractivity contribution in [2.75, 3.05) is 0 Å². The van der Waals surface area contributed by atoms with E-state index in [4.69, 9.17) is 9.15 Å². The summed E-state index contributed by atoms with van der Waals surface area (Å²) in [6.07, 6.45) is 10.3. The second-order valence-electron chi connectivity index (χ2n) is 6.93. The molecule has 0 bridgehead atoms. The van der Waals surface area contributed by atoms with E-state index in [0.29, 0.717) is 24.3 Å². The van der Waals surface area contributed by atoms with E-state index in [1.165, 1.54) is 32.1 Å². The highest BCUT2D eigenvalue weighted by atomic mass is 16.5. The van der Waals surface area contributed by atoms with E-state index in [0.717, 1.165) is 30.8 Å². The molecule has 2 aliphatic rings. The summed E-state index contributed by atoms with van der Waals surface area (Å²) in [4.78, 5) is 0. The number of rotatable bonds is 6. The summed E-state index contributed by atoms with van der Waals surface area (Å²) in [5.74, 6) is 2.27. The smallest absolute Gasteiger partial charge is 0.104 e. The molecule has 21 heavy (non-hydrogen) atoms. The van der Waals surface area contributed by atoms with Gasteiger partial charge in [-0.1, -0.05) is 0 Å². The molecule has 3 heterocycles. The SMILES string of the molecule is CC1CCC(CCc2ccc(CCC3CCC(C)O3)o2)N1. The molecule has 1 N–H and O–H groups in total. The third kappa shape index (κ3) is 4.33. The summed E-state index contributed by atoms with van der Waals surface area (Å²) in [7, 11) is 0. The zero-order chi connectivity index (χ0) is 14.7. The predicted octanol–water partition coefficient (Wildman–Crippen LogP) is 3.85. The van der Waals surface area contributed by atoms with Gasteiger partial charge in [-0.3, -0.25) is 0 Å². The van der Waals surface area contributed by atoms with Gasteiger partial charge >= 0.3 is 0 Å². The maximum Gasteiger partial charge on any atom is 0.104 e. The largest absolute Gasteiger partial charge is 0.466 e. The molecule has 0 aromatic carbocycles. The van der Waals surface area contributed by atoms with Crippen molar-refractivity contribution < 1.29 is 9.15 Å². The Balaban J connectivity index is 1.39. The topological polar surface area (TPSA) is 34.4 Å². The Kier molecular flexibility index (Phi) is 5.02. The molecular weight excluding hydrogens is 262 g/mol. The van der Waals surface area contributed by atoms with Gasteiger partial charge in [0, 0.05) is 24.9 Å². The molecule has 4 atom stereocenters. The molecule has 2 saturated heterocycles. The van der Waals surface area contributed by atoms with Crippen LogP contribution in [-0.4, -0.2) is 24.3 Å². The number of ether oxygens (including phenoxy) is 1. The second-order valence-corrected chi connectivity index (χ2v) is 6.93. The molecule has 118 valence electrons. The summed E-state index contributed by atoms with van der Waals surface area (Å²) in [6, 6.07) is 5.68. The summed E-state index contributed by atoms with van der Waals surface area (Å²) in [6.45, 7) is 4.44. The van der Waals surface area contributed by atoms with Crippen molar-refractivity contribution in [3.63, 3.8) is 0 Å². The van der Waals surface area contributed by atoms with E-state index < -0.39 is 0 Å². The standard InChI is InChI=1S/C18H29NO2/c1-13-3-5-15(19-13)6-8-17-11-12-18(21-17)10-9-16-7-4-14(2)20-16/h11-16,19H,3-10H2,1-2H3. The second kappa shape index (κ2) is 6.97. The fourth-order valence-electron chi connectivity index (χ4n) is 3.66. The first-order valence-corrected chi connectivity index (χ1v) is 8.68. The molecule has 1 aromatic heterocycles. The minimum Gasteiger partial charge on any atom is -0.466 e. The van der Waals surface area contributed by atoms with E-state index in [-0.39, 0.29) is 0 Å². The number of hydrogen-bond acceptors (Lipinski definition) is 3. The zero-order valence-corrected chi connectivity index (χ0v) is 13.4. The third-order valence-electron chi connectivity index (χ3n) is 4.96. The van der Waals surface area contributed by atoms with Gasteiger partial charge < -0.3 is 14.5 Å². The van der Waals surface area contributed by atoms with Gasteiger partial charge in [0.15, 0.2) is 0 Å². The lowest BCUT2D eigenvalue weighted by Gasteiger charge is -2.10. The third-order valence-corrected chi connectivity index (χ3v) is 4.96. The Morgan fingerprint density at radius 3 is 2.38 bits per heavy atom. The number of nitrogens with one attached hydrogen (secondary N) is 1. The van der Waals surface area contributed by atoms with E-state index in [9.17, 15) is 0 Å². The van der Waals surface area contributed by atoms with Crippen molar-refractivity contribution in [2.24, 2.45) is 0 Å². The zero-order valence-electron chi connectivity index (χ0n) is 13.4. The van der Waals surface area contributed by atoms with Gasteiger partial charge in [-0.15, -0.1) is 0 Å². The Hall–Kier alpha value is -0.800. The highest BCUT2D eigenvalue weighted by molar-refractivity contribution is 5.08. The van der Waals surface area contributed by atoms with E-state index in [1.807, 2.05) is 0 Å². The van der Waals surface area contributed by atoms with Crippen LogP contribution in [0.3, 0.4) is 0 Å². The van der Waals surface area contributed by atoms with Gasteiger partial charge in [-0.25, -0.2) is 0 Å². The summed E-state index contributed by atoms with van der Waals surface area (Å²) in [5.41, 5.74) is 0. The van der Waals surface area contributed by atoms with E-state index >= 15 is 0 Å². The van der Waals surface area contributed by atoms with Crippen molar-refractivity contribution in [3.8, 4) is 0 Å². The minimum absolute atomic E-state index is 0.442. The predicted molar refractivity (Wildman–Crippen MR) is 84.5 cm³/mol. The first-order valence-electron chi connectivity index (χ1n) is 8.68. The van der Waals surface area contributed by atoms with E-state index in [1.54, 1.807) is 0 Å². The Bertz CT molecular complexity index is 404. The van der Waals surface area contributed by atoms with Crippen LogP contribution in [0.1, 0.15) is 63.9 Å². The molecular formula is C18H29NO2. The van der Waals surface area contributed by atoms with Crippen LogP contribution in [0.25, 0.3) is 0 Å².